The monoisotopic (exact) mass is 370 g/mol. The average molecular weight is 370 g/mol. The van der Waals surface area contributed by atoms with Crippen LogP contribution in [-0.2, 0) is 22.7 Å². The molecule has 1 aliphatic heterocycles. The van der Waals surface area contributed by atoms with Crippen molar-refractivity contribution >= 4 is 11.9 Å². The molecule has 2 N–H and O–H groups in total. The fraction of sp³-hybridized carbons (Fsp3) is 0.333. The Morgan fingerprint density at radius 1 is 0.741 bits per heavy atom. The Kier molecular flexibility index (Phi) is 7.98. The second-order valence-electron chi connectivity index (χ2n) is 6.63. The molecule has 1 heterocycles. The molecule has 0 aliphatic carbocycles. The predicted octanol–water partition coefficient (Wildman–Crippen LogP) is 2.47. The first kappa shape index (κ1) is 20.6. The Labute approximate surface area is 159 Å². The lowest BCUT2D eigenvalue weighted by atomic mass is 10.1. The summed E-state index contributed by atoms with van der Waals surface area (Å²) in [6, 6.07) is 19.7. The van der Waals surface area contributed by atoms with Gasteiger partial charge < -0.3 is 10.2 Å². The molecule has 27 heavy (non-hydrogen) atoms. The average Bonchev–Trinajstić information content (AvgIpc) is 2.66. The summed E-state index contributed by atoms with van der Waals surface area (Å²) in [5.41, 5.74) is 4.19. The second-order valence-corrected chi connectivity index (χ2v) is 6.63. The van der Waals surface area contributed by atoms with Gasteiger partial charge in [-0.05, 0) is 18.1 Å². The number of carboxylic acid groups (broad SMARTS) is 2. The van der Waals surface area contributed by atoms with Gasteiger partial charge in [-0.3, -0.25) is 9.80 Å². The first-order valence-electron chi connectivity index (χ1n) is 8.94. The van der Waals surface area contributed by atoms with Crippen LogP contribution in [0.4, 0.5) is 0 Å². The molecule has 144 valence electrons. The summed E-state index contributed by atoms with van der Waals surface area (Å²) in [5.74, 6) is -3.65. The first-order chi connectivity index (χ1) is 12.9. The molecule has 0 aromatic heterocycles. The standard InChI is InChI=1S/C19H24N2.C2H2O4/c1-17-7-9-19(10-8-17)16-21-13-11-20(12-14-21)15-18-5-3-2-4-6-18;3-1(4)2(5)6/h2-10H,11-16H2,1H3;(H,3,4)(H,5,6). The van der Waals surface area contributed by atoms with Crippen LogP contribution in [0.1, 0.15) is 16.7 Å². The number of nitrogens with zero attached hydrogens (tertiary/aromatic N) is 2. The molecule has 0 atom stereocenters. The highest BCUT2D eigenvalue weighted by Crippen LogP contribution is 2.12. The summed E-state index contributed by atoms with van der Waals surface area (Å²) in [4.78, 5) is 23.3. The topological polar surface area (TPSA) is 81.1 Å². The lowest BCUT2D eigenvalue weighted by Crippen LogP contribution is -2.45. The summed E-state index contributed by atoms with van der Waals surface area (Å²) in [6.07, 6.45) is 0. The number of piperazine rings is 1. The maximum absolute atomic E-state index is 9.10. The summed E-state index contributed by atoms with van der Waals surface area (Å²) in [6.45, 7) is 8.98. The minimum Gasteiger partial charge on any atom is -0.473 e. The van der Waals surface area contributed by atoms with Gasteiger partial charge in [-0.25, -0.2) is 9.59 Å². The number of rotatable bonds is 4. The predicted molar refractivity (Wildman–Crippen MR) is 103 cm³/mol. The van der Waals surface area contributed by atoms with Gasteiger partial charge in [0, 0.05) is 39.3 Å². The molecule has 3 rings (SSSR count). The minimum atomic E-state index is -1.82. The number of aryl methyl sites for hydroxylation is 1. The SMILES string of the molecule is Cc1ccc(CN2CCN(Cc3ccccc3)CC2)cc1.O=C(O)C(=O)O. The van der Waals surface area contributed by atoms with Crippen molar-refractivity contribution in [1.29, 1.82) is 0 Å². The van der Waals surface area contributed by atoms with E-state index in [0.717, 1.165) is 13.1 Å². The van der Waals surface area contributed by atoms with E-state index in [-0.39, 0.29) is 0 Å². The molecule has 2 aromatic rings. The van der Waals surface area contributed by atoms with Crippen LogP contribution in [-0.4, -0.2) is 58.1 Å². The zero-order valence-electron chi connectivity index (χ0n) is 15.5. The van der Waals surface area contributed by atoms with Crippen molar-refractivity contribution in [1.82, 2.24) is 9.80 Å². The van der Waals surface area contributed by atoms with Crippen LogP contribution < -0.4 is 0 Å². The van der Waals surface area contributed by atoms with Gasteiger partial charge in [0.25, 0.3) is 0 Å². The molecule has 1 saturated heterocycles. The normalized spacial score (nSPS) is 14.9. The van der Waals surface area contributed by atoms with Crippen molar-refractivity contribution in [2.45, 2.75) is 20.0 Å². The third-order valence-electron chi connectivity index (χ3n) is 4.42. The van der Waals surface area contributed by atoms with Gasteiger partial charge in [0.15, 0.2) is 0 Å². The van der Waals surface area contributed by atoms with E-state index in [0.29, 0.717) is 0 Å². The highest BCUT2D eigenvalue weighted by Gasteiger charge is 2.16. The highest BCUT2D eigenvalue weighted by molar-refractivity contribution is 6.27. The van der Waals surface area contributed by atoms with E-state index < -0.39 is 11.9 Å². The Hall–Kier alpha value is -2.70. The van der Waals surface area contributed by atoms with Crippen LogP contribution in [0.25, 0.3) is 0 Å². The van der Waals surface area contributed by atoms with Crippen molar-refractivity contribution in [2.24, 2.45) is 0 Å². The van der Waals surface area contributed by atoms with E-state index in [1.165, 1.54) is 42.9 Å². The van der Waals surface area contributed by atoms with Crippen molar-refractivity contribution in [2.75, 3.05) is 26.2 Å². The van der Waals surface area contributed by atoms with Gasteiger partial charge in [-0.2, -0.15) is 0 Å². The van der Waals surface area contributed by atoms with Crippen molar-refractivity contribution in [3.05, 3.63) is 71.3 Å². The first-order valence-corrected chi connectivity index (χ1v) is 8.94. The van der Waals surface area contributed by atoms with E-state index in [1.807, 2.05) is 0 Å². The number of hydrogen-bond acceptors (Lipinski definition) is 4. The zero-order chi connectivity index (χ0) is 19.6. The van der Waals surface area contributed by atoms with Gasteiger partial charge in [0.1, 0.15) is 0 Å². The molecule has 0 bridgehead atoms. The van der Waals surface area contributed by atoms with Gasteiger partial charge in [-0.15, -0.1) is 0 Å². The van der Waals surface area contributed by atoms with Crippen LogP contribution >= 0.6 is 0 Å². The number of hydrogen-bond donors (Lipinski definition) is 2. The molecule has 1 fully saturated rings. The van der Waals surface area contributed by atoms with Crippen molar-refractivity contribution in [3.63, 3.8) is 0 Å². The molecule has 0 unspecified atom stereocenters. The number of carbonyl (C=O) groups is 2. The molecule has 0 saturated carbocycles. The van der Waals surface area contributed by atoms with Crippen molar-refractivity contribution < 1.29 is 19.8 Å². The fourth-order valence-electron chi connectivity index (χ4n) is 2.90. The molecule has 6 heteroatoms. The Bertz CT molecular complexity index is 712. The Balaban J connectivity index is 0.000000380. The smallest absolute Gasteiger partial charge is 0.414 e. The highest BCUT2D eigenvalue weighted by atomic mass is 16.4. The summed E-state index contributed by atoms with van der Waals surface area (Å²) < 4.78 is 0. The van der Waals surface area contributed by atoms with Crippen LogP contribution in [0, 0.1) is 6.92 Å². The summed E-state index contributed by atoms with van der Waals surface area (Å²) in [7, 11) is 0. The van der Waals surface area contributed by atoms with E-state index in [4.69, 9.17) is 19.8 Å². The third kappa shape index (κ3) is 7.60. The van der Waals surface area contributed by atoms with Gasteiger partial charge in [0.05, 0.1) is 0 Å². The van der Waals surface area contributed by atoms with E-state index in [1.54, 1.807) is 0 Å². The van der Waals surface area contributed by atoms with Crippen LogP contribution in [0.15, 0.2) is 54.6 Å². The zero-order valence-corrected chi connectivity index (χ0v) is 15.5. The number of aliphatic carboxylic acids is 2. The second kappa shape index (κ2) is 10.4. The molecular weight excluding hydrogens is 344 g/mol. The quantitative estimate of drug-likeness (QED) is 0.805. The summed E-state index contributed by atoms with van der Waals surface area (Å²) in [5, 5.41) is 14.8. The van der Waals surface area contributed by atoms with Gasteiger partial charge in [-0.1, -0.05) is 60.2 Å². The molecule has 1 aliphatic rings. The Morgan fingerprint density at radius 2 is 1.15 bits per heavy atom. The Morgan fingerprint density at radius 3 is 1.56 bits per heavy atom. The maximum atomic E-state index is 9.10. The third-order valence-corrected chi connectivity index (χ3v) is 4.42. The maximum Gasteiger partial charge on any atom is 0.414 e. The number of benzene rings is 2. The largest absolute Gasteiger partial charge is 0.473 e. The fourth-order valence-corrected chi connectivity index (χ4v) is 2.90. The number of carboxylic acids is 2. The van der Waals surface area contributed by atoms with Crippen molar-refractivity contribution in [3.8, 4) is 0 Å². The van der Waals surface area contributed by atoms with Gasteiger partial charge >= 0.3 is 11.9 Å². The lowest BCUT2D eigenvalue weighted by Gasteiger charge is -2.34. The molecule has 0 amide bonds. The summed E-state index contributed by atoms with van der Waals surface area (Å²) >= 11 is 0. The molecule has 6 nitrogen and oxygen atoms in total. The van der Waals surface area contributed by atoms with Crippen LogP contribution in [0.3, 0.4) is 0 Å². The molecule has 0 spiro atoms. The van der Waals surface area contributed by atoms with Gasteiger partial charge in [0.2, 0.25) is 0 Å². The van der Waals surface area contributed by atoms with E-state index in [2.05, 4.69) is 71.3 Å². The van der Waals surface area contributed by atoms with E-state index >= 15 is 0 Å². The van der Waals surface area contributed by atoms with E-state index in [9.17, 15) is 0 Å². The van der Waals surface area contributed by atoms with Crippen LogP contribution in [0.5, 0.6) is 0 Å². The molecule has 0 radical (unpaired) electrons. The molecular formula is C21H26N2O4. The molecule has 2 aromatic carbocycles. The van der Waals surface area contributed by atoms with Crippen LogP contribution in [0.2, 0.25) is 0 Å². The minimum absolute atomic E-state index is 1.08. The lowest BCUT2D eigenvalue weighted by molar-refractivity contribution is -0.159.